The molecule has 0 N–H and O–H groups in total. The summed E-state index contributed by atoms with van der Waals surface area (Å²) in [4.78, 5) is 25.3. The second kappa shape index (κ2) is 9.20. The van der Waals surface area contributed by atoms with E-state index in [1.54, 1.807) is 0 Å². The SMILES string of the molecule is CCc1c(C(=O)OC)cc(-c2ccccc2)n1-n1c(-c2ccccc2)cc(C(=O)OC)c1C. The van der Waals surface area contributed by atoms with Crippen LogP contribution in [0, 0.1) is 6.92 Å². The second-order valence-corrected chi connectivity index (χ2v) is 7.61. The molecule has 0 aliphatic carbocycles. The van der Waals surface area contributed by atoms with E-state index in [2.05, 4.69) is 0 Å². The second-order valence-electron chi connectivity index (χ2n) is 7.61. The molecule has 6 nitrogen and oxygen atoms in total. The molecule has 6 heteroatoms. The summed E-state index contributed by atoms with van der Waals surface area (Å²) in [5.74, 6) is -0.815. The van der Waals surface area contributed by atoms with Crippen LogP contribution in [-0.4, -0.2) is 35.5 Å². The number of methoxy groups -OCH3 is 2. The van der Waals surface area contributed by atoms with Gasteiger partial charge < -0.3 is 9.47 Å². The Labute approximate surface area is 193 Å². The van der Waals surface area contributed by atoms with Gasteiger partial charge in [0.25, 0.3) is 0 Å². The first-order chi connectivity index (χ1) is 16.0. The summed E-state index contributed by atoms with van der Waals surface area (Å²) in [5.41, 5.74) is 5.95. The predicted molar refractivity (Wildman–Crippen MR) is 127 cm³/mol. The molecule has 0 aliphatic rings. The van der Waals surface area contributed by atoms with E-state index in [1.807, 2.05) is 96.0 Å². The summed E-state index contributed by atoms with van der Waals surface area (Å²) in [7, 11) is 2.76. The van der Waals surface area contributed by atoms with Crippen molar-refractivity contribution in [1.82, 2.24) is 9.35 Å². The van der Waals surface area contributed by atoms with Gasteiger partial charge in [0.1, 0.15) is 0 Å². The minimum atomic E-state index is -0.414. The quantitative estimate of drug-likeness (QED) is 0.376. The van der Waals surface area contributed by atoms with Crippen LogP contribution < -0.4 is 0 Å². The van der Waals surface area contributed by atoms with E-state index in [0.29, 0.717) is 23.2 Å². The maximum atomic E-state index is 12.7. The fourth-order valence-corrected chi connectivity index (χ4v) is 4.20. The number of carbonyl (C=O) groups excluding carboxylic acids is 2. The van der Waals surface area contributed by atoms with Gasteiger partial charge in [-0.3, -0.25) is 9.35 Å². The summed E-state index contributed by atoms with van der Waals surface area (Å²) in [6, 6.07) is 23.4. The first-order valence-corrected chi connectivity index (χ1v) is 10.8. The zero-order valence-electron chi connectivity index (χ0n) is 19.2. The largest absolute Gasteiger partial charge is 0.465 e. The zero-order chi connectivity index (χ0) is 23.5. The van der Waals surface area contributed by atoms with Gasteiger partial charge in [0.15, 0.2) is 0 Å². The van der Waals surface area contributed by atoms with Crippen molar-refractivity contribution in [3.63, 3.8) is 0 Å². The standard InChI is InChI=1S/C27H26N2O4/c1-5-23-22(27(31)33-4)17-25(20-14-10-7-11-15-20)29(23)28-18(2)21(26(30)32-3)16-24(28)19-12-8-6-9-13-19/h6-17H,5H2,1-4H3. The van der Waals surface area contributed by atoms with Crippen molar-refractivity contribution in [2.45, 2.75) is 20.3 Å². The Balaban J connectivity index is 2.12. The van der Waals surface area contributed by atoms with E-state index >= 15 is 0 Å². The maximum absolute atomic E-state index is 12.7. The van der Waals surface area contributed by atoms with Gasteiger partial charge in [0.2, 0.25) is 0 Å². The van der Waals surface area contributed by atoms with Crippen LogP contribution in [0.15, 0.2) is 72.8 Å². The molecule has 0 radical (unpaired) electrons. The fourth-order valence-electron chi connectivity index (χ4n) is 4.20. The van der Waals surface area contributed by atoms with Crippen LogP contribution in [0.3, 0.4) is 0 Å². The minimum Gasteiger partial charge on any atom is -0.465 e. The topological polar surface area (TPSA) is 62.5 Å². The highest BCUT2D eigenvalue weighted by Gasteiger charge is 2.27. The van der Waals surface area contributed by atoms with Gasteiger partial charge in [-0.1, -0.05) is 67.6 Å². The molecule has 0 bridgehead atoms. The smallest absolute Gasteiger partial charge is 0.339 e. The van der Waals surface area contributed by atoms with Crippen molar-refractivity contribution in [2.75, 3.05) is 14.2 Å². The third-order valence-electron chi connectivity index (χ3n) is 5.78. The number of ether oxygens (including phenoxy) is 2. The van der Waals surface area contributed by atoms with E-state index in [9.17, 15) is 9.59 Å². The highest BCUT2D eigenvalue weighted by Crippen LogP contribution is 2.33. The Morgan fingerprint density at radius 2 is 1.18 bits per heavy atom. The minimum absolute atomic E-state index is 0.401. The Hall–Kier alpha value is -4.06. The third kappa shape index (κ3) is 3.84. The Morgan fingerprint density at radius 3 is 1.67 bits per heavy atom. The molecule has 0 aliphatic heterocycles. The highest BCUT2D eigenvalue weighted by molar-refractivity contribution is 5.94. The summed E-state index contributed by atoms with van der Waals surface area (Å²) >= 11 is 0. The highest BCUT2D eigenvalue weighted by atomic mass is 16.5. The lowest BCUT2D eigenvalue weighted by atomic mass is 10.1. The summed E-state index contributed by atoms with van der Waals surface area (Å²) in [6.45, 7) is 3.88. The third-order valence-corrected chi connectivity index (χ3v) is 5.78. The molecule has 0 unspecified atom stereocenters. The molecule has 4 rings (SSSR count). The molecule has 2 heterocycles. The normalized spacial score (nSPS) is 10.8. The average molecular weight is 443 g/mol. The molecule has 2 aromatic heterocycles. The molecule has 0 spiro atoms. The van der Waals surface area contributed by atoms with E-state index < -0.39 is 11.9 Å². The van der Waals surface area contributed by atoms with Gasteiger partial charge in [-0.2, -0.15) is 0 Å². The average Bonchev–Trinajstić information content (AvgIpc) is 3.41. The predicted octanol–water partition coefficient (Wildman–Crippen LogP) is 5.38. The molecular formula is C27H26N2O4. The van der Waals surface area contributed by atoms with Gasteiger partial charge in [0, 0.05) is 11.1 Å². The lowest BCUT2D eigenvalue weighted by molar-refractivity contribution is 0.0589. The van der Waals surface area contributed by atoms with Gasteiger partial charge >= 0.3 is 11.9 Å². The Morgan fingerprint density at radius 1 is 0.727 bits per heavy atom. The molecule has 0 saturated heterocycles. The van der Waals surface area contributed by atoms with Gasteiger partial charge in [-0.05, 0) is 25.5 Å². The van der Waals surface area contributed by atoms with Crippen molar-refractivity contribution < 1.29 is 19.1 Å². The molecular weight excluding hydrogens is 416 g/mol. The van der Waals surface area contributed by atoms with E-state index in [0.717, 1.165) is 28.2 Å². The number of aromatic nitrogens is 2. The molecule has 4 aromatic rings. The Bertz CT molecular complexity index is 1300. The first-order valence-electron chi connectivity index (χ1n) is 10.8. The van der Waals surface area contributed by atoms with Gasteiger partial charge in [0.05, 0.1) is 48.1 Å². The van der Waals surface area contributed by atoms with Crippen molar-refractivity contribution in [1.29, 1.82) is 0 Å². The van der Waals surface area contributed by atoms with E-state index in [4.69, 9.17) is 9.47 Å². The number of carbonyl (C=O) groups is 2. The molecule has 0 amide bonds. The fraction of sp³-hybridized carbons (Fsp3) is 0.185. The van der Waals surface area contributed by atoms with Gasteiger partial charge in [-0.15, -0.1) is 0 Å². The number of rotatable bonds is 6. The molecule has 168 valence electrons. The maximum Gasteiger partial charge on any atom is 0.339 e. The Kier molecular flexibility index (Phi) is 6.18. The van der Waals surface area contributed by atoms with E-state index in [-0.39, 0.29) is 0 Å². The number of nitrogens with zero attached hydrogens (tertiary/aromatic N) is 2. The van der Waals surface area contributed by atoms with Crippen molar-refractivity contribution in [2.24, 2.45) is 0 Å². The number of hydrogen-bond acceptors (Lipinski definition) is 4. The van der Waals surface area contributed by atoms with Crippen LogP contribution in [-0.2, 0) is 15.9 Å². The van der Waals surface area contributed by atoms with Crippen LogP contribution in [0.25, 0.3) is 22.5 Å². The van der Waals surface area contributed by atoms with Crippen molar-refractivity contribution in [3.8, 4) is 22.5 Å². The lowest BCUT2D eigenvalue weighted by Crippen LogP contribution is -2.18. The monoisotopic (exact) mass is 442 g/mol. The van der Waals surface area contributed by atoms with Crippen LogP contribution >= 0.6 is 0 Å². The van der Waals surface area contributed by atoms with Crippen LogP contribution in [0.1, 0.15) is 39.0 Å². The molecule has 33 heavy (non-hydrogen) atoms. The summed E-state index contributed by atoms with van der Waals surface area (Å²) < 4.78 is 14.1. The molecule has 0 fully saturated rings. The van der Waals surface area contributed by atoms with Crippen LogP contribution in [0.2, 0.25) is 0 Å². The van der Waals surface area contributed by atoms with Crippen LogP contribution in [0.5, 0.6) is 0 Å². The van der Waals surface area contributed by atoms with Gasteiger partial charge in [-0.25, -0.2) is 9.59 Å². The molecule has 0 saturated carbocycles. The molecule has 0 atom stereocenters. The number of esters is 2. The molecule has 2 aromatic carbocycles. The summed E-state index contributed by atoms with van der Waals surface area (Å²) in [6.07, 6.45) is 0.580. The number of hydrogen-bond donors (Lipinski definition) is 0. The first kappa shape index (κ1) is 22.1. The van der Waals surface area contributed by atoms with Crippen molar-refractivity contribution >= 4 is 11.9 Å². The zero-order valence-corrected chi connectivity index (χ0v) is 19.2. The van der Waals surface area contributed by atoms with E-state index in [1.165, 1.54) is 14.2 Å². The van der Waals surface area contributed by atoms with Crippen LogP contribution in [0.4, 0.5) is 0 Å². The number of benzene rings is 2. The summed E-state index contributed by atoms with van der Waals surface area (Å²) in [5, 5.41) is 0. The lowest BCUT2D eigenvalue weighted by Gasteiger charge is -2.20. The van der Waals surface area contributed by atoms with Crippen molar-refractivity contribution in [3.05, 3.63) is 95.3 Å².